The molecular formula is C34H36N4O8. The fourth-order valence-corrected chi connectivity index (χ4v) is 5.54. The van der Waals surface area contributed by atoms with Gasteiger partial charge in [-0.05, 0) is 68.1 Å². The van der Waals surface area contributed by atoms with Gasteiger partial charge in [-0.1, -0.05) is 0 Å². The lowest BCUT2D eigenvalue weighted by molar-refractivity contribution is 0.0774. The van der Waals surface area contributed by atoms with Crippen LogP contribution in [0.25, 0.3) is 22.9 Å². The topological polar surface area (TPSA) is 127 Å². The van der Waals surface area contributed by atoms with Crippen LogP contribution >= 0.6 is 0 Å². The van der Waals surface area contributed by atoms with Crippen molar-refractivity contribution in [2.75, 3.05) is 48.2 Å². The molecule has 2 aliphatic heterocycles. The van der Waals surface area contributed by atoms with E-state index in [1.54, 1.807) is 58.8 Å². The van der Waals surface area contributed by atoms with Crippen molar-refractivity contribution in [3.63, 3.8) is 0 Å². The standard InChI is InChI=1S/C34H36N4O8/c1-40-26-11-9-21(16-28(26)42-3)32-36-37-33(46-32)22-10-12-27(41-2)30(17-22)44-14-5-6-15-45-31-19-25-24(18-29(31)43-4)34(39)38-13-7-8-23(38)20-35-25/h9-12,16-20,23H,5-8,13-15H2,1-4H3/t23-/m0/s1. The van der Waals surface area contributed by atoms with Gasteiger partial charge in [0.25, 0.3) is 5.91 Å². The Morgan fingerprint density at radius 3 is 1.93 bits per heavy atom. The molecule has 0 saturated carbocycles. The Labute approximate surface area is 266 Å². The molecule has 1 atom stereocenters. The first-order valence-electron chi connectivity index (χ1n) is 15.1. The lowest BCUT2D eigenvalue weighted by Crippen LogP contribution is -2.35. The molecule has 3 heterocycles. The molecule has 1 saturated heterocycles. The van der Waals surface area contributed by atoms with Crippen LogP contribution in [0.2, 0.25) is 0 Å². The zero-order valence-corrected chi connectivity index (χ0v) is 26.3. The van der Waals surface area contributed by atoms with E-state index < -0.39 is 0 Å². The van der Waals surface area contributed by atoms with Gasteiger partial charge < -0.3 is 37.7 Å². The fraction of sp³-hybridized carbons (Fsp3) is 0.353. The van der Waals surface area contributed by atoms with Crippen LogP contribution in [-0.2, 0) is 0 Å². The summed E-state index contributed by atoms with van der Waals surface area (Å²) in [6.45, 7) is 1.61. The van der Waals surface area contributed by atoms with Gasteiger partial charge >= 0.3 is 0 Å². The maximum absolute atomic E-state index is 13.1. The smallest absolute Gasteiger partial charge is 0.256 e. The van der Waals surface area contributed by atoms with Crippen molar-refractivity contribution in [1.29, 1.82) is 0 Å². The zero-order valence-electron chi connectivity index (χ0n) is 26.3. The number of hydrogen-bond donors (Lipinski definition) is 0. The Balaban J connectivity index is 1.06. The van der Waals surface area contributed by atoms with Gasteiger partial charge in [0.15, 0.2) is 34.5 Å². The summed E-state index contributed by atoms with van der Waals surface area (Å²) >= 11 is 0. The van der Waals surface area contributed by atoms with Crippen LogP contribution in [-0.4, -0.2) is 81.5 Å². The monoisotopic (exact) mass is 628 g/mol. The van der Waals surface area contributed by atoms with Crippen LogP contribution < -0.4 is 28.4 Å². The third-order valence-corrected chi connectivity index (χ3v) is 7.98. The molecule has 12 heteroatoms. The first-order chi connectivity index (χ1) is 22.5. The highest BCUT2D eigenvalue weighted by molar-refractivity contribution is 6.03. The number of aliphatic imine (C=N–C) groups is 1. The van der Waals surface area contributed by atoms with Crippen molar-refractivity contribution in [2.45, 2.75) is 31.7 Å². The van der Waals surface area contributed by atoms with Gasteiger partial charge in [-0.2, -0.15) is 0 Å². The summed E-state index contributed by atoms with van der Waals surface area (Å²) in [7, 11) is 6.31. The lowest BCUT2D eigenvalue weighted by atomic mass is 10.1. The van der Waals surface area contributed by atoms with Gasteiger partial charge in [-0.3, -0.25) is 9.79 Å². The number of aromatic nitrogens is 2. The van der Waals surface area contributed by atoms with Crippen molar-refractivity contribution < 1.29 is 37.6 Å². The van der Waals surface area contributed by atoms with Gasteiger partial charge in [-0.15, -0.1) is 10.2 Å². The Hall–Kier alpha value is -5.26. The van der Waals surface area contributed by atoms with Crippen LogP contribution in [0.5, 0.6) is 34.5 Å². The molecule has 6 rings (SSSR count). The number of carbonyl (C=O) groups is 1. The van der Waals surface area contributed by atoms with E-state index in [0.29, 0.717) is 81.9 Å². The number of unbranched alkanes of at least 4 members (excludes halogenated alkanes) is 1. The molecule has 0 radical (unpaired) electrons. The molecular weight excluding hydrogens is 592 g/mol. The maximum atomic E-state index is 13.1. The van der Waals surface area contributed by atoms with E-state index in [4.69, 9.17) is 32.8 Å². The zero-order chi connectivity index (χ0) is 32.0. The predicted octanol–water partition coefficient (Wildman–Crippen LogP) is 6.00. The Kier molecular flexibility index (Phi) is 9.23. The number of methoxy groups -OCH3 is 4. The molecule has 240 valence electrons. The van der Waals surface area contributed by atoms with E-state index in [1.165, 1.54) is 0 Å². The average molecular weight is 629 g/mol. The number of hydrogen-bond acceptors (Lipinski definition) is 11. The third-order valence-electron chi connectivity index (χ3n) is 7.98. The molecule has 0 spiro atoms. The molecule has 1 amide bonds. The quantitative estimate of drug-likeness (QED) is 0.163. The Morgan fingerprint density at radius 2 is 1.30 bits per heavy atom. The Morgan fingerprint density at radius 1 is 0.739 bits per heavy atom. The number of ether oxygens (including phenoxy) is 6. The van der Waals surface area contributed by atoms with E-state index in [-0.39, 0.29) is 11.9 Å². The summed E-state index contributed by atoms with van der Waals surface area (Å²) in [4.78, 5) is 19.6. The molecule has 0 N–H and O–H groups in total. The van der Waals surface area contributed by atoms with Crippen LogP contribution in [0, 0.1) is 0 Å². The molecule has 1 aromatic heterocycles. The highest BCUT2D eigenvalue weighted by atomic mass is 16.5. The fourth-order valence-electron chi connectivity index (χ4n) is 5.54. The van der Waals surface area contributed by atoms with Gasteiger partial charge in [0.1, 0.15) is 0 Å². The second-order valence-corrected chi connectivity index (χ2v) is 10.8. The predicted molar refractivity (Wildman–Crippen MR) is 170 cm³/mol. The maximum Gasteiger partial charge on any atom is 0.256 e. The number of benzene rings is 3. The van der Waals surface area contributed by atoms with Crippen molar-refractivity contribution in [1.82, 2.24) is 15.1 Å². The van der Waals surface area contributed by atoms with Crippen LogP contribution in [0.3, 0.4) is 0 Å². The molecule has 1 fully saturated rings. The van der Waals surface area contributed by atoms with Crippen molar-refractivity contribution in [3.8, 4) is 57.4 Å². The van der Waals surface area contributed by atoms with E-state index in [1.807, 2.05) is 29.3 Å². The molecule has 2 aliphatic rings. The highest BCUT2D eigenvalue weighted by Crippen LogP contribution is 2.39. The highest BCUT2D eigenvalue weighted by Gasteiger charge is 2.32. The van der Waals surface area contributed by atoms with Crippen molar-refractivity contribution in [3.05, 3.63) is 54.1 Å². The van der Waals surface area contributed by atoms with E-state index in [0.717, 1.165) is 32.2 Å². The van der Waals surface area contributed by atoms with E-state index >= 15 is 0 Å². The number of fused-ring (bicyclic) bond motifs is 2. The molecule has 46 heavy (non-hydrogen) atoms. The minimum Gasteiger partial charge on any atom is -0.493 e. The number of carbonyl (C=O) groups excluding carboxylic acids is 1. The minimum absolute atomic E-state index is 0.0195. The summed E-state index contributed by atoms with van der Waals surface area (Å²) < 4.78 is 39.9. The summed E-state index contributed by atoms with van der Waals surface area (Å²) in [6, 6.07) is 14.4. The number of rotatable bonds is 13. The first-order valence-corrected chi connectivity index (χ1v) is 15.1. The van der Waals surface area contributed by atoms with E-state index in [2.05, 4.69) is 15.2 Å². The lowest BCUT2D eigenvalue weighted by Gasteiger charge is -2.20. The van der Waals surface area contributed by atoms with Gasteiger partial charge in [0.05, 0.1) is 58.9 Å². The van der Waals surface area contributed by atoms with E-state index in [9.17, 15) is 4.79 Å². The van der Waals surface area contributed by atoms with Crippen molar-refractivity contribution >= 4 is 17.8 Å². The van der Waals surface area contributed by atoms with Crippen LogP contribution in [0.1, 0.15) is 36.0 Å². The number of nitrogens with zero attached hydrogens (tertiary/aromatic N) is 4. The molecule has 0 bridgehead atoms. The normalized spacial score (nSPS) is 15.2. The summed E-state index contributed by atoms with van der Waals surface area (Å²) in [6.07, 6.45) is 5.22. The van der Waals surface area contributed by atoms with Gasteiger partial charge in [-0.25, -0.2) is 0 Å². The SMILES string of the molecule is COc1ccc(-c2nnc(-c3ccc(OC)c(OCCCCOc4cc5c(cc4OC)C(=O)N4CCC[C@H]4C=N5)c3)o2)cc1OC. The van der Waals surface area contributed by atoms with Crippen LogP contribution in [0.15, 0.2) is 57.9 Å². The second kappa shape index (κ2) is 13.8. The summed E-state index contributed by atoms with van der Waals surface area (Å²) in [5.41, 5.74) is 2.53. The molecule has 0 unspecified atom stereocenters. The minimum atomic E-state index is -0.0195. The summed E-state index contributed by atoms with van der Waals surface area (Å²) in [5.74, 6) is 4.04. The molecule has 0 aliphatic carbocycles. The largest absolute Gasteiger partial charge is 0.493 e. The van der Waals surface area contributed by atoms with Crippen molar-refractivity contribution in [2.24, 2.45) is 4.99 Å². The third kappa shape index (κ3) is 6.28. The molecule has 3 aromatic carbocycles. The Bertz CT molecular complexity index is 1740. The van der Waals surface area contributed by atoms with Gasteiger partial charge in [0.2, 0.25) is 11.8 Å². The van der Waals surface area contributed by atoms with Crippen LogP contribution in [0.4, 0.5) is 5.69 Å². The summed E-state index contributed by atoms with van der Waals surface area (Å²) in [5, 5.41) is 8.44. The molecule has 4 aromatic rings. The first kappa shape index (κ1) is 30.8. The second-order valence-electron chi connectivity index (χ2n) is 10.8. The number of amides is 1. The average Bonchev–Trinajstić information content (AvgIpc) is 3.76. The molecule has 12 nitrogen and oxygen atoms in total. The van der Waals surface area contributed by atoms with Gasteiger partial charge in [0, 0.05) is 30.0 Å².